The number of anilines is 1. The van der Waals surface area contributed by atoms with Crippen molar-refractivity contribution in [2.75, 3.05) is 25.1 Å². The summed E-state index contributed by atoms with van der Waals surface area (Å²) in [5.41, 5.74) is 1.04. The normalized spacial score (nSPS) is 13.8. The summed E-state index contributed by atoms with van der Waals surface area (Å²) in [6.45, 7) is 1.96. The molecule has 2 aromatic carbocycles. The van der Waals surface area contributed by atoms with Gasteiger partial charge in [-0.1, -0.05) is 36.7 Å². The highest BCUT2D eigenvalue weighted by molar-refractivity contribution is 7.92. The SMILES string of the molecule is CC[C@](C(=O)N(C)C)(c1ccc(Cl)cc1)n1ccc2c(NS(C)(=O)=O)cccc21. The Labute approximate surface area is 176 Å². The van der Waals surface area contributed by atoms with Crippen LogP contribution < -0.4 is 4.72 Å². The molecule has 0 fully saturated rings. The van der Waals surface area contributed by atoms with Crippen LogP contribution in [0.2, 0.25) is 5.02 Å². The maximum atomic E-state index is 13.5. The summed E-state index contributed by atoms with van der Waals surface area (Å²) in [5, 5.41) is 1.31. The van der Waals surface area contributed by atoms with Gasteiger partial charge in [-0.05, 0) is 42.3 Å². The van der Waals surface area contributed by atoms with E-state index in [0.717, 1.165) is 22.7 Å². The van der Waals surface area contributed by atoms with Gasteiger partial charge in [0, 0.05) is 30.7 Å². The first-order chi connectivity index (χ1) is 13.6. The fourth-order valence-electron chi connectivity index (χ4n) is 3.78. The highest BCUT2D eigenvalue weighted by atomic mass is 35.5. The number of hydrogen-bond acceptors (Lipinski definition) is 3. The molecule has 0 radical (unpaired) electrons. The highest BCUT2D eigenvalue weighted by Crippen LogP contribution is 2.37. The molecular formula is C21H24ClN3O3S. The third-order valence-corrected chi connectivity index (χ3v) is 5.88. The Morgan fingerprint density at radius 1 is 1.14 bits per heavy atom. The van der Waals surface area contributed by atoms with Crippen molar-refractivity contribution >= 4 is 44.1 Å². The minimum Gasteiger partial charge on any atom is -0.346 e. The van der Waals surface area contributed by atoms with Crippen molar-refractivity contribution < 1.29 is 13.2 Å². The smallest absolute Gasteiger partial charge is 0.252 e. The molecule has 0 unspecified atom stereocenters. The van der Waals surface area contributed by atoms with Crippen LogP contribution in [-0.4, -0.2) is 44.1 Å². The molecule has 0 spiro atoms. The second-order valence-electron chi connectivity index (χ2n) is 7.22. The maximum Gasteiger partial charge on any atom is 0.252 e. The van der Waals surface area contributed by atoms with E-state index in [2.05, 4.69) is 4.72 Å². The van der Waals surface area contributed by atoms with Gasteiger partial charge in [0.15, 0.2) is 0 Å². The van der Waals surface area contributed by atoms with Crippen molar-refractivity contribution in [3.63, 3.8) is 0 Å². The number of carbonyl (C=O) groups is 1. The molecule has 29 heavy (non-hydrogen) atoms. The topological polar surface area (TPSA) is 71.4 Å². The Balaban J connectivity index is 2.32. The standard InChI is InChI=1S/C21H24ClN3O3S/c1-5-21(20(26)24(2)3,15-9-11-16(22)12-10-15)25-14-13-17-18(23-29(4,27)28)7-6-8-19(17)25/h6-14,23H,5H2,1-4H3/t21-/m1/s1. The molecule has 154 valence electrons. The molecule has 3 aromatic rings. The number of nitrogens with one attached hydrogen (secondary N) is 1. The van der Waals surface area contributed by atoms with Crippen LogP contribution in [0.15, 0.2) is 54.7 Å². The van der Waals surface area contributed by atoms with Crippen molar-refractivity contribution in [3.8, 4) is 0 Å². The number of fused-ring (bicyclic) bond motifs is 1. The third kappa shape index (κ3) is 3.84. The largest absolute Gasteiger partial charge is 0.346 e. The van der Waals surface area contributed by atoms with Crippen LogP contribution in [0.4, 0.5) is 5.69 Å². The van der Waals surface area contributed by atoms with Gasteiger partial charge in [-0.2, -0.15) is 0 Å². The lowest BCUT2D eigenvalue weighted by Crippen LogP contribution is -2.48. The molecule has 1 N–H and O–H groups in total. The van der Waals surface area contributed by atoms with E-state index >= 15 is 0 Å². The highest BCUT2D eigenvalue weighted by Gasteiger charge is 2.42. The van der Waals surface area contributed by atoms with E-state index in [-0.39, 0.29) is 5.91 Å². The van der Waals surface area contributed by atoms with Crippen molar-refractivity contribution in [2.24, 2.45) is 0 Å². The summed E-state index contributed by atoms with van der Waals surface area (Å²) in [6, 6.07) is 14.4. The Bertz CT molecular complexity index is 1150. The van der Waals surface area contributed by atoms with E-state index < -0.39 is 15.6 Å². The first kappa shape index (κ1) is 21.2. The predicted octanol–water partition coefficient (Wildman–Crippen LogP) is 3.91. The number of amides is 1. The van der Waals surface area contributed by atoms with Crippen LogP contribution in [0.5, 0.6) is 0 Å². The lowest BCUT2D eigenvalue weighted by Gasteiger charge is -2.37. The van der Waals surface area contributed by atoms with Crippen LogP contribution in [-0.2, 0) is 20.4 Å². The number of nitrogens with zero attached hydrogens (tertiary/aromatic N) is 2. The van der Waals surface area contributed by atoms with Gasteiger partial charge in [0.25, 0.3) is 5.91 Å². The molecule has 8 heteroatoms. The van der Waals surface area contributed by atoms with Gasteiger partial charge in [-0.15, -0.1) is 0 Å². The molecule has 0 saturated heterocycles. The number of hydrogen-bond donors (Lipinski definition) is 1. The zero-order valence-electron chi connectivity index (χ0n) is 16.8. The van der Waals surface area contributed by atoms with Crippen molar-refractivity contribution in [2.45, 2.75) is 18.9 Å². The second-order valence-corrected chi connectivity index (χ2v) is 9.40. The zero-order valence-corrected chi connectivity index (χ0v) is 18.4. The molecule has 0 aliphatic carbocycles. The van der Waals surface area contributed by atoms with Crippen LogP contribution in [0, 0.1) is 0 Å². The fourth-order valence-corrected chi connectivity index (χ4v) is 4.48. The van der Waals surface area contributed by atoms with E-state index in [0.29, 0.717) is 17.1 Å². The maximum absolute atomic E-state index is 13.5. The molecule has 0 aliphatic heterocycles. The molecule has 6 nitrogen and oxygen atoms in total. The molecule has 1 atom stereocenters. The monoisotopic (exact) mass is 433 g/mol. The van der Waals surface area contributed by atoms with Gasteiger partial charge in [-0.3, -0.25) is 9.52 Å². The van der Waals surface area contributed by atoms with Gasteiger partial charge in [0.1, 0.15) is 5.54 Å². The number of benzene rings is 2. The van der Waals surface area contributed by atoms with Crippen molar-refractivity contribution in [1.82, 2.24) is 9.47 Å². The van der Waals surface area contributed by atoms with E-state index in [4.69, 9.17) is 11.6 Å². The summed E-state index contributed by atoms with van der Waals surface area (Å²) >= 11 is 6.08. The summed E-state index contributed by atoms with van der Waals surface area (Å²) < 4.78 is 28.0. The Hall–Kier alpha value is -2.51. The molecular weight excluding hydrogens is 410 g/mol. The molecule has 1 aromatic heterocycles. The van der Waals surface area contributed by atoms with E-state index in [1.165, 1.54) is 0 Å². The van der Waals surface area contributed by atoms with Gasteiger partial charge in [0.2, 0.25) is 10.0 Å². The second kappa shape index (κ2) is 7.72. The van der Waals surface area contributed by atoms with Gasteiger partial charge in [0.05, 0.1) is 17.5 Å². The Kier molecular flexibility index (Phi) is 5.65. The van der Waals surface area contributed by atoms with Crippen LogP contribution in [0.1, 0.15) is 18.9 Å². The zero-order chi connectivity index (χ0) is 21.4. The minimum absolute atomic E-state index is 0.0821. The Morgan fingerprint density at radius 2 is 1.79 bits per heavy atom. The summed E-state index contributed by atoms with van der Waals surface area (Å²) in [6.07, 6.45) is 3.44. The average molecular weight is 434 g/mol. The fraction of sp³-hybridized carbons (Fsp3) is 0.286. The van der Waals surface area contributed by atoms with Crippen molar-refractivity contribution in [1.29, 1.82) is 0 Å². The number of aromatic nitrogens is 1. The molecule has 0 bridgehead atoms. The lowest BCUT2D eigenvalue weighted by atomic mass is 9.85. The van der Waals surface area contributed by atoms with Gasteiger partial charge < -0.3 is 9.47 Å². The molecule has 0 saturated carbocycles. The van der Waals surface area contributed by atoms with Crippen molar-refractivity contribution in [3.05, 3.63) is 65.3 Å². The molecule has 0 aliphatic rings. The predicted molar refractivity (Wildman–Crippen MR) is 118 cm³/mol. The summed E-state index contributed by atoms with van der Waals surface area (Å²) in [4.78, 5) is 15.1. The van der Waals surface area contributed by atoms with E-state index in [1.807, 2.05) is 42.0 Å². The lowest BCUT2D eigenvalue weighted by molar-refractivity contribution is -0.136. The first-order valence-corrected chi connectivity index (χ1v) is 11.4. The van der Waals surface area contributed by atoms with Crippen LogP contribution >= 0.6 is 11.6 Å². The van der Waals surface area contributed by atoms with Gasteiger partial charge >= 0.3 is 0 Å². The molecule has 3 rings (SSSR count). The quantitative estimate of drug-likeness (QED) is 0.640. The number of sulfonamides is 1. The van der Waals surface area contributed by atoms with E-state index in [9.17, 15) is 13.2 Å². The molecule has 1 amide bonds. The Morgan fingerprint density at radius 3 is 2.34 bits per heavy atom. The van der Waals surface area contributed by atoms with Gasteiger partial charge in [-0.25, -0.2) is 8.42 Å². The summed E-state index contributed by atoms with van der Waals surface area (Å²) in [5.74, 6) is -0.0821. The minimum atomic E-state index is -3.44. The number of halogens is 1. The first-order valence-electron chi connectivity index (χ1n) is 9.16. The third-order valence-electron chi connectivity index (χ3n) is 5.03. The summed E-state index contributed by atoms with van der Waals surface area (Å²) in [7, 11) is 0.0182. The van der Waals surface area contributed by atoms with Crippen LogP contribution in [0.3, 0.4) is 0 Å². The van der Waals surface area contributed by atoms with Crippen LogP contribution in [0.25, 0.3) is 10.9 Å². The number of carbonyl (C=O) groups excluding carboxylic acids is 1. The number of likely N-dealkylation sites (N-methyl/N-ethyl adjacent to an activating group) is 1. The van der Waals surface area contributed by atoms with E-state index in [1.54, 1.807) is 43.3 Å². The average Bonchev–Trinajstić information content (AvgIpc) is 3.08. The number of rotatable bonds is 6. The molecule has 1 heterocycles.